The molecule has 0 atom stereocenters. The zero-order valence-electron chi connectivity index (χ0n) is 18.7. The van der Waals surface area contributed by atoms with E-state index in [1.54, 1.807) is 26.0 Å². The molecule has 0 spiro atoms. The molecule has 1 amide bonds. The van der Waals surface area contributed by atoms with Crippen LogP contribution in [0, 0.1) is 19.7 Å². The van der Waals surface area contributed by atoms with E-state index in [-0.39, 0.29) is 17.6 Å². The molecule has 188 valence electrons. The van der Waals surface area contributed by atoms with Gasteiger partial charge in [0.1, 0.15) is 11.5 Å². The first-order chi connectivity index (χ1) is 16.7. The Balaban J connectivity index is 1.75. The Kier molecular flexibility index (Phi) is 6.23. The summed E-state index contributed by atoms with van der Waals surface area (Å²) in [6.45, 7) is 3.37. The SMILES string of the molecule is Cc1nn(Cc2ccc(F)cc2)c(C)c1NC(=O)c1cc(C(F)(F)F)nc2ccc(C(F)(F)F)cc12. The van der Waals surface area contributed by atoms with E-state index in [0.717, 1.165) is 6.07 Å². The van der Waals surface area contributed by atoms with Crippen molar-refractivity contribution in [3.05, 3.63) is 88.1 Å². The molecule has 0 saturated heterocycles. The van der Waals surface area contributed by atoms with Crippen molar-refractivity contribution in [2.45, 2.75) is 32.7 Å². The smallest absolute Gasteiger partial charge is 0.319 e. The van der Waals surface area contributed by atoms with Gasteiger partial charge < -0.3 is 5.32 Å². The van der Waals surface area contributed by atoms with Gasteiger partial charge in [-0.05, 0) is 55.8 Å². The van der Waals surface area contributed by atoms with Crippen LogP contribution in [-0.2, 0) is 18.9 Å². The summed E-state index contributed by atoms with van der Waals surface area (Å²) in [5.74, 6) is -1.48. The number of fused-ring (bicyclic) bond motifs is 1. The number of carbonyl (C=O) groups is 1. The first kappa shape index (κ1) is 25.1. The van der Waals surface area contributed by atoms with Crippen molar-refractivity contribution in [1.82, 2.24) is 14.8 Å². The van der Waals surface area contributed by atoms with Gasteiger partial charge in [-0.15, -0.1) is 0 Å². The highest BCUT2D eigenvalue weighted by Crippen LogP contribution is 2.35. The van der Waals surface area contributed by atoms with Gasteiger partial charge in [0, 0.05) is 5.39 Å². The molecular weight excluding hydrogens is 493 g/mol. The van der Waals surface area contributed by atoms with Crippen molar-refractivity contribution in [2.75, 3.05) is 5.32 Å². The Morgan fingerprint density at radius 2 is 1.61 bits per heavy atom. The summed E-state index contributed by atoms with van der Waals surface area (Å²) in [5.41, 5.74) is -1.93. The van der Waals surface area contributed by atoms with E-state index in [1.165, 1.54) is 16.8 Å². The lowest BCUT2D eigenvalue weighted by Crippen LogP contribution is -2.17. The van der Waals surface area contributed by atoms with E-state index in [2.05, 4.69) is 15.4 Å². The number of aryl methyl sites for hydroxylation is 1. The van der Waals surface area contributed by atoms with Gasteiger partial charge in [0.25, 0.3) is 5.91 Å². The second-order valence-corrected chi connectivity index (χ2v) is 8.07. The number of carbonyl (C=O) groups excluding carboxylic acids is 1. The minimum atomic E-state index is -4.93. The van der Waals surface area contributed by atoms with E-state index in [0.29, 0.717) is 35.2 Å². The third kappa shape index (κ3) is 5.02. The maximum atomic E-state index is 13.4. The molecule has 36 heavy (non-hydrogen) atoms. The number of hydrogen-bond donors (Lipinski definition) is 1. The summed E-state index contributed by atoms with van der Waals surface area (Å²) in [7, 11) is 0. The fourth-order valence-corrected chi connectivity index (χ4v) is 3.71. The number of benzene rings is 2. The number of anilines is 1. The summed E-state index contributed by atoms with van der Waals surface area (Å²) in [4.78, 5) is 16.5. The Morgan fingerprint density at radius 3 is 2.22 bits per heavy atom. The van der Waals surface area contributed by atoms with Crippen LogP contribution in [0.5, 0.6) is 0 Å². The van der Waals surface area contributed by atoms with E-state index in [1.807, 2.05) is 0 Å². The quantitative estimate of drug-likeness (QED) is 0.318. The molecule has 5 nitrogen and oxygen atoms in total. The molecule has 2 heterocycles. The molecule has 0 bridgehead atoms. The third-order valence-electron chi connectivity index (χ3n) is 5.54. The van der Waals surface area contributed by atoms with Crippen molar-refractivity contribution in [2.24, 2.45) is 0 Å². The fourth-order valence-electron chi connectivity index (χ4n) is 3.71. The van der Waals surface area contributed by atoms with Crippen LogP contribution in [0.1, 0.15) is 38.6 Å². The summed E-state index contributed by atoms with van der Waals surface area (Å²) in [6, 6.07) is 8.04. The molecule has 4 rings (SSSR count). The number of nitrogens with zero attached hydrogens (tertiary/aromatic N) is 3. The first-order valence-corrected chi connectivity index (χ1v) is 10.4. The molecule has 4 aromatic rings. The van der Waals surface area contributed by atoms with Gasteiger partial charge in [-0.2, -0.15) is 31.4 Å². The molecule has 0 aliphatic heterocycles. The number of nitrogens with one attached hydrogen (secondary N) is 1. The predicted octanol–water partition coefficient (Wildman–Crippen LogP) is 6.53. The van der Waals surface area contributed by atoms with Crippen LogP contribution >= 0.6 is 0 Å². The van der Waals surface area contributed by atoms with Gasteiger partial charge >= 0.3 is 12.4 Å². The summed E-state index contributed by atoms with van der Waals surface area (Å²) in [6.07, 6.45) is -9.71. The minimum Gasteiger partial charge on any atom is -0.319 e. The zero-order chi connectivity index (χ0) is 26.4. The second-order valence-electron chi connectivity index (χ2n) is 8.07. The average Bonchev–Trinajstić information content (AvgIpc) is 3.05. The molecule has 0 radical (unpaired) electrons. The lowest BCUT2D eigenvalue weighted by Gasteiger charge is -2.14. The third-order valence-corrected chi connectivity index (χ3v) is 5.54. The number of amides is 1. The Labute approximate surface area is 199 Å². The van der Waals surface area contributed by atoms with Gasteiger partial charge in [-0.1, -0.05) is 12.1 Å². The molecule has 12 heteroatoms. The Morgan fingerprint density at radius 1 is 0.944 bits per heavy atom. The van der Waals surface area contributed by atoms with Crippen LogP contribution < -0.4 is 5.32 Å². The van der Waals surface area contributed by atoms with Crippen molar-refractivity contribution in [1.29, 1.82) is 0 Å². The zero-order valence-corrected chi connectivity index (χ0v) is 18.7. The molecule has 0 saturated carbocycles. The predicted molar refractivity (Wildman–Crippen MR) is 117 cm³/mol. The summed E-state index contributed by atoms with van der Waals surface area (Å²) in [5, 5.41) is 6.40. The Hall–Kier alpha value is -3.96. The number of alkyl halides is 6. The summed E-state index contributed by atoms with van der Waals surface area (Å²) < 4.78 is 94.6. The molecular formula is C24H17F7N4O. The van der Waals surface area contributed by atoms with E-state index < -0.39 is 46.4 Å². The molecule has 2 aromatic heterocycles. The van der Waals surface area contributed by atoms with Crippen LogP contribution in [0.4, 0.5) is 36.4 Å². The number of rotatable bonds is 4. The fraction of sp³-hybridized carbons (Fsp3) is 0.208. The number of halogens is 7. The van der Waals surface area contributed by atoms with E-state index in [4.69, 9.17) is 0 Å². The molecule has 2 aromatic carbocycles. The monoisotopic (exact) mass is 510 g/mol. The highest BCUT2D eigenvalue weighted by atomic mass is 19.4. The Bertz CT molecular complexity index is 1450. The maximum Gasteiger partial charge on any atom is 0.433 e. The maximum absolute atomic E-state index is 13.4. The van der Waals surface area contributed by atoms with Crippen molar-refractivity contribution in [3.8, 4) is 0 Å². The van der Waals surface area contributed by atoms with Crippen molar-refractivity contribution in [3.63, 3.8) is 0 Å². The molecule has 0 fully saturated rings. The number of aromatic nitrogens is 3. The first-order valence-electron chi connectivity index (χ1n) is 10.4. The summed E-state index contributed by atoms with van der Waals surface area (Å²) >= 11 is 0. The van der Waals surface area contributed by atoms with Crippen LogP contribution in [0.15, 0.2) is 48.5 Å². The highest BCUT2D eigenvalue weighted by molar-refractivity contribution is 6.13. The van der Waals surface area contributed by atoms with Gasteiger partial charge in [-0.25, -0.2) is 9.37 Å². The molecule has 0 aliphatic rings. The highest BCUT2D eigenvalue weighted by Gasteiger charge is 2.35. The molecule has 0 aliphatic carbocycles. The van der Waals surface area contributed by atoms with Crippen LogP contribution in [0.25, 0.3) is 10.9 Å². The number of hydrogen-bond acceptors (Lipinski definition) is 3. The topological polar surface area (TPSA) is 59.8 Å². The number of pyridine rings is 1. The standard InChI is InChI=1S/C24H17F7N4O/c1-12-21(13(2)35(34-12)11-14-3-6-16(25)7-4-14)33-22(36)18-10-20(24(29,30)31)32-19-8-5-15(9-17(18)19)23(26,27)28/h3-10H,11H2,1-2H3,(H,33,36). The van der Waals surface area contributed by atoms with Crippen LogP contribution in [0.2, 0.25) is 0 Å². The second kappa shape index (κ2) is 8.92. The minimum absolute atomic E-state index is 0.188. The van der Waals surface area contributed by atoms with Crippen molar-refractivity contribution >= 4 is 22.5 Å². The van der Waals surface area contributed by atoms with E-state index in [9.17, 15) is 35.5 Å². The van der Waals surface area contributed by atoms with E-state index >= 15 is 0 Å². The molecule has 1 N–H and O–H groups in total. The normalized spacial score (nSPS) is 12.2. The lowest BCUT2D eigenvalue weighted by atomic mass is 10.0. The van der Waals surface area contributed by atoms with Crippen LogP contribution in [0.3, 0.4) is 0 Å². The van der Waals surface area contributed by atoms with Gasteiger partial charge in [0.15, 0.2) is 0 Å². The average molecular weight is 510 g/mol. The van der Waals surface area contributed by atoms with Gasteiger partial charge in [-0.3, -0.25) is 9.48 Å². The van der Waals surface area contributed by atoms with Gasteiger partial charge in [0.05, 0.1) is 40.3 Å². The van der Waals surface area contributed by atoms with Crippen molar-refractivity contribution < 1.29 is 35.5 Å². The van der Waals surface area contributed by atoms with Gasteiger partial charge in [0.2, 0.25) is 0 Å². The lowest BCUT2D eigenvalue weighted by molar-refractivity contribution is -0.141. The van der Waals surface area contributed by atoms with Crippen LogP contribution in [-0.4, -0.2) is 20.7 Å². The molecule has 0 unspecified atom stereocenters. The largest absolute Gasteiger partial charge is 0.433 e.